The van der Waals surface area contributed by atoms with Crippen molar-refractivity contribution in [3.8, 4) is 0 Å². The predicted molar refractivity (Wildman–Crippen MR) is 41.2 cm³/mol. The third-order valence-corrected chi connectivity index (χ3v) is 2.26. The van der Waals surface area contributed by atoms with Crippen molar-refractivity contribution in [2.24, 2.45) is 0 Å². The van der Waals surface area contributed by atoms with Gasteiger partial charge in [0.2, 0.25) is 0 Å². The number of piperidine rings is 1. The molecule has 1 nitrogen and oxygen atoms in total. The maximum Gasteiger partial charge on any atom is 0.107 e. The van der Waals surface area contributed by atoms with Gasteiger partial charge in [0, 0.05) is 0 Å². The lowest BCUT2D eigenvalue weighted by Gasteiger charge is -2.31. The Balaban J connectivity index is 2.30. The molecule has 0 saturated carbocycles. The van der Waals surface area contributed by atoms with Gasteiger partial charge in [0.25, 0.3) is 0 Å². The number of alkyl halides is 2. The molecule has 0 amide bonds. The summed E-state index contributed by atoms with van der Waals surface area (Å²) in [5, 5.41) is 0. The molecule has 0 aromatic heterocycles. The number of likely N-dealkylation sites (tertiary alicyclic amines) is 1. The van der Waals surface area contributed by atoms with Crippen molar-refractivity contribution in [3.05, 3.63) is 0 Å². The summed E-state index contributed by atoms with van der Waals surface area (Å²) in [6, 6.07) is -0.463. The molecule has 1 saturated heterocycles. The lowest BCUT2D eigenvalue weighted by molar-refractivity contribution is 0.116. The van der Waals surface area contributed by atoms with Gasteiger partial charge in [-0.15, -0.1) is 0 Å². The van der Waals surface area contributed by atoms with Gasteiger partial charge >= 0.3 is 0 Å². The van der Waals surface area contributed by atoms with Crippen LogP contribution in [-0.2, 0) is 0 Å². The molecule has 0 spiro atoms. The van der Waals surface area contributed by atoms with Crippen LogP contribution in [0.2, 0.25) is 0 Å². The molecule has 66 valence electrons. The van der Waals surface area contributed by atoms with Crippen molar-refractivity contribution in [2.75, 3.05) is 26.4 Å². The van der Waals surface area contributed by atoms with E-state index in [1.54, 1.807) is 0 Å². The fourth-order valence-corrected chi connectivity index (χ4v) is 1.52. The molecule has 1 rings (SSSR count). The van der Waals surface area contributed by atoms with Gasteiger partial charge in [0.1, 0.15) is 13.3 Å². The molecular formula is C8H15F2N. The Labute approximate surface area is 66.4 Å². The summed E-state index contributed by atoms with van der Waals surface area (Å²) in [5.41, 5.74) is 0. The van der Waals surface area contributed by atoms with Gasteiger partial charge in [0.15, 0.2) is 0 Å². The van der Waals surface area contributed by atoms with Crippen LogP contribution in [0, 0.1) is 0 Å². The second kappa shape index (κ2) is 4.65. The van der Waals surface area contributed by atoms with Gasteiger partial charge < -0.3 is 0 Å². The normalized spacial score (nSPS) is 21.0. The van der Waals surface area contributed by atoms with E-state index in [-0.39, 0.29) is 0 Å². The number of nitrogens with zero attached hydrogens (tertiary/aromatic N) is 1. The van der Waals surface area contributed by atoms with Gasteiger partial charge in [0.05, 0.1) is 6.04 Å². The molecule has 0 aromatic carbocycles. The Morgan fingerprint density at radius 3 is 2.00 bits per heavy atom. The SMILES string of the molecule is FCC(CF)N1CCCCC1. The van der Waals surface area contributed by atoms with E-state index < -0.39 is 19.4 Å². The van der Waals surface area contributed by atoms with E-state index in [9.17, 15) is 8.78 Å². The lowest BCUT2D eigenvalue weighted by Crippen LogP contribution is -2.41. The summed E-state index contributed by atoms with van der Waals surface area (Å²) in [7, 11) is 0. The molecule has 1 fully saturated rings. The van der Waals surface area contributed by atoms with E-state index in [0.29, 0.717) is 0 Å². The molecule has 0 aromatic rings. The minimum Gasteiger partial charge on any atom is -0.295 e. The summed E-state index contributed by atoms with van der Waals surface area (Å²) in [6.07, 6.45) is 3.40. The number of hydrogen-bond acceptors (Lipinski definition) is 1. The Kier molecular flexibility index (Phi) is 3.77. The standard InChI is InChI=1S/C8H15F2N/c9-6-8(7-10)11-4-2-1-3-5-11/h8H,1-7H2. The molecule has 11 heavy (non-hydrogen) atoms. The van der Waals surface area contributed by atoms with E-state index in [1.807, 2.05) is 4.90 Å². The zero-order valence-electron chi connectivity index (χ0n) is 6.73. The van der Waals surface area contributed by atoms with Gasteiger partial charge in [-0.2, -0.15) is 0 Å². The molecule has 3 heteroatoms. The summed E-state index contributed by atoms with van der Waals surface area (Å²) in [4.78, 5) is 1.92. The highest BCUT2D eigenvalue weighted by atomic mass is 19.1. The first-order valence-electron chi connectivity index (χ1n) is 4.24. The molecular weight excluding hydrogens is 148 g/mol. The van der Waals surface area contributed by atoms with Crippen LogP contribution in [0.4, 0.5) is 8.78 Å². The minimum atomic E-state index is -0.545. The average Bonchev–Trinajstić information content (AvgIpc) is 2.09. The third-order valence-electron chi connectivity index (χ3n) is 2.26. The van der Waals surface area contributed by atoms with Crippen LogP contribution in [-0.4, -0.2) is 37.4 Å². The van der Waals surface area contributed by atoms with Crippen LogP contribution in [0.15, 0.2) is 0 Å². The summed E-state index contributed by atoms with van der Waals surface area (Å²) >= 11 is 0. The summed E-state index contributed by atoms with van der Waals surface area (Å²) < 4.78 is 24.3. The molecule has 0 atom stereocenters. The number of rotatable bonds is 3. The molecule has 1 aliphatic heterocycles. The van der Waals surface area contributed by atoms with Crippen LogP contribution >= 0.6 is 0 Å². The van der Waals surface area contributed by atoms with Crippen molar-refractivity contribution in [1.29, 1.82) is 0 Å². The maximum absolute atomic E-state index is 12.2. The number of halogens is 2. The van der Waals surface area contributed by atoms with Gasteiger partial charge in [-0.05, 0) is 25.9 Å². The van der Waals surface area contributed by atoms with Crippen molar-refractivity contribution < 1.29 is 8.78 Å². The van der Waals surface area contributed by atoms with E-state index in [1.165, 1.54) is 6.42 Å². The molecule has 0 aliphatic carbocycles. The van der Waals surface area contributed by atoms with Crippen molar-refractivity contribution in [1.82, 2.24) is 4.90 Å². The predicted octanol–water partition coefficient (Wildman–Crippen LogP) is 1.78. The molecule has 1 heterocycles. The minimum absolute atomic E-state index is 0.463. The second-order valence-electron chi connectivity index (χ2n) is 3.06. The lowest BCUT2D eigenvalue weighted by atomic mass is 10.1. The second-order valence-corrected chi connectivity index (χ2v) is 3.06. The Bertz CT molecular complexity index is 98.3. The Morgan fingerprint density at radius 1 is 1.00 bits per heavy atom. The van der Waals surface area contributed by atoms with Gasteiger partial charge in [-0.1, -0.05) is 6.42 Å². The van der Waals surface area contributed by atoms with Crippen molar-refractivity contribution in [3.63, 3.8) is 0 Å². The highest BCUT2D eigenvalue weighted by molar-refractivity contribution is 4.73. The summed E-state index contributed by atoms with van der Waals surface area (Å²) in [6.45, 7) is 0.657. The van der Waals surface area contributed by atoms with E-state index >= 15 is 0 Å². The Morgan fingerprint density at radius 2 is 1.55 bits per heavy atom. The van der Waals surface area contributed by atoms with Gasteiger partial charge in [-0.25, -0.2) is 8.78 Å². The largest absolute Gasteiger partial charge is 0.295 e. The number of hydrogen-bond donors (Lipinski definition) is 0. The molecule has 0 radical (unpaired) electrons. The van der Waals surface area contributed by atoms with Crippen molar-refractivity contribution in [2.45, 2.75) is 25.3 Å². The van der Waals surface area contributed by atoms with E-state index in [2.05, 4.69) is 0 Å². The molecule has 1 aliphatic rings. The summed E-state index contributed by atoms with van der Waals surface area (Å²) in [5.74, 6) is 0. The first-order valence-corrected chi connectivity index (χ1v) is 4.24. The first-order chi connectivity index (χ1) is 5.38. The quantitative estimate of drug-likeness (QED) is 0.613. The fraction of sp³-hybridized carbons (Fsp3) is 1.00. The fourth-order valence-electron chi connectivity index (χ4n) is 1.52. The highest BCUT2D eigenvalue weighted by Gasteiger charge is 2.19. The molecule has 0 N–H and O–H groups in total. The van der Waals surface area contributed by atoms with Crippen LogP contribution in [0.25, 0.3) is 0 Å². The third kappa shape index (κ3) is 2.40. The topological polar surface area (TPSA) is 3.24 Å². The van der Waals surface area contributed by atoms with Crippen LogP contribution < -0.4 is 0 Å². The zero-order chi connectivity index (χ0) is 8.10. The van der Waals surface area contributed by atoms with Crippen LogP contribution in [0.3, 0.4) is 0 Å². The van der Waals surface area contributed by atoms with E-state index in [0.717, 1.165) is 25.9 Å². The Hall–Kier alpha value is -0.180. The van der Waals surface area contributed by atoms with Gasteiger partial charge in [-0.3, -0.25) is 4.90 Å². The monoisotopic (exact) mass is 163 g/mol. The average molecular weight is 163 g/mol. The maximum atomic E-state index is 12.2. The smallest absolute Gasteiger partial charge is 0.107 e. The van der Waals surface area contributed by atoms with Crippen LogP contribution in [0.1, 0.15) is 19.3 Å². The molecule has 0 unspecified atom stereocenters. The van der Waals surface area contributed by atoms with Crippen molar-refractivity contribution >= 4 is 0 Å². The highest BCUT2D eigenvalue weighted by Crippen LogP contribution is 2.12. The zero-order valence-corrected chi connectivity index (χ0v) is 6.73. The molecule has 0 bridgehead atoms. The van der Waals surface area contributed by atoms with Crippen LogP contribution in [0.5, 0.6) is 0 Å². The van der Waals surface area contributed by atoms with E-state index in [4.69, 9.17) is 0 Å². The first kappa shape index (κ1) is 8.91.